The van der Waals surface area contributed by atoms with Crippen LogP contribution >= 0.6 is 11.3 Å². The summed E-state index contributed by atoms with van der Waals surface area (Å²) in [7, 11) is 0. The molecule has 0 bridgehead atoms. The fourth-order valence-corrected chi connectivity index (χ4v) is 5.28. The minimum absolute atomic E-state index is 0.270. The molecule has 2 aromatic carbocycles. The molecule has 0 aliphatic heterocycles. The van der Waals surface area contributed by atoms with Crippen molar-refractivity contribution in [2.45, 2.75) is 12.5 Å². The molecule has 0 aliphatic rings. The van der Waals surface area contributed by atoms with Gasteiger partial charge in [-0.2, -0.15) is 5.10 Å². The van der Waals surface area contributed by atoms with Gasteiger partial charge in [-0.3, -0.25) is 9.50 Å². The summed E-state index contributed by atoms with van der Waals surface area (Å²) in [5.74, 6) is -0.285. The molecule has 176 valence electrons. The highest BCUT2D eigenvalue weighted by molar-refractivity contribution is 7.18. The fourth-order valence-electron chi connectivity index (χ4n) is 4.25. The van der Waals surface area contributed by atoms with E-state index in [9.17, 15) is 9.50 Å². The van der Waals surface area contributed by atoms with E-state index in [2.05, 4.69) is 31.1 Å². The molecule has 0 amide bonds. The average Bonchev–Trinajstić information content (AvgIpc) is 3.64. The van der Waals surface area contributed by atoms with Gasteiger partial charge >= 0.3 is 0 Å². The van der Waals surface area contributed by atoms with E-state index >= 15 is 0 Å². The quantitative estimate of drug-likeness (QED) is 0.272. The van der Waals surface area contributed by atoms with E-state index in [1.807, 2.05) is 41.1 Å². The van der Waals surface area contributed by atoms with Crippen molar-refractivity contribution in [1.82, 2.24) is 24.6 Å². The largest absolute Gasteiger partial charge is 0.386 e. The minimum atomic E-state index is -0.733. The number of aromatic nitrogens is 5. The molecule has 0 radical (unpaired) electrons. The number of aliphatic hydroxyl groups excluding tert-OH is 1. The normalized spacial score (nSPS) is 12.2. The molecular formula is C27H19FN6OS. The first-order valence-corrected chi connectivity index (χ1v) is 12.1. The topological polar surface area (TPSA) is 83.5 Å². The lowest BCUT2D eigenvalue weighted by Gasteiger charge is -2.07. The van der Waals surface area contributed by atoms with Crippen LogP contribution in [0.3, 0.4) is 0 Å². The molecular weight excluding hydrogens is 475 g/mol. The monoisotopic (exact) mass is 494 g/mol. The number of thiazole rings is 1. The van der Waals surface area contributed by atoms with Crippen molar-refractivity contribution in [1.29, 1.82) is 0 Å². The second-order valence-corrected chi connectivity index (χ2v) is 9.44. The highest BCUT2D eigenvalue weighted by atomic mass is 32.1. The summed E-state index contributed by atoms with van der Waals surface area (Å²) < 4.78 is 16.4. The Hall–Kier alpha value is -4.39. The van der Waals surface area contributed by atoms with Crippen molar-refractivity contribution in [2.24, 2.45) is 0 Å². The van der Waals surface area contributed by atoms with E-state index < -0.39 is 6.10 Å². The van der Waals surface area contributed by atoms with Crippen LogP contribution in [0, 0.1) is 12.4 Å². The van der Waals surface area contributed by atoms with Crippen molar-refractivity contribution in [3.05, 3.63) is 95.4 Å². The number of fused-ring (bicyclic) bond motifs is 2. The van der Waals surface area contributed by atoms with Gasteiger partial charge in [0.2, 0.25) is 6.54 Å². The lowest BCUT2D eigenvalue weighted by Crippen LogP contribution is -1.97. The van der Waals surface area contributed by atoms with Crippen LogP contribution in [0.25, 0.3) is 54.4 Å². The lowest BCUT2D eigenvalue weighted by atomic mass is 10.0. The molecule has 6 aromatic rings. The maximum absolute atomic E-state index is 13.4. The van der Waals surface area contributed by atoms with Crippen LogP contribution in [0.2, 0.25) is 0 Å². The first-order valence-electron chi connectivity index (χ1n) is 11.3. The average molecular weight is 495 g/mol. The number of nitrogens with zero attached hydrogens (tertiary/aromatic N) is 5. The number of pyridine rings is 1. The zero-order valence-electron chi connectivity index (χ0n) is 18.9. The SMILES string of the molecule is [C-]#[N+]CC[C@H](O)c1nc2ccc(-c3cnc4ccc(-c5cn[nH]c5-c5ccc(F)cc5)cn34)cc2s1. The summed E-state index contributed by atoms with van der Waals surface area (Å²) in [6.45, 7) is 7.20. The molecule has 4 heterocycles. The maximum Gasteiger partial charge on any atom is 0.217 e. The zero-order chi connectivity index (χ0) is 24.6. The third-order valence-corrected chi connectivity index (χ3v) is 7.21. The van der Waals surface area contributed by atoms with Crippen LogP contribution in [0.4, 0.5) is 4.39 Å². The van der Waals surface area contributed by atoms with Gasteiger partial charge in [-0.25, -0.2) is 20.9 Å². The molecule has 0 saturated heterocycles. The number of halogens is 1. The predicted molar refractivity (Wildman–Crippen MR) is 138 cm³/mol. The van der Waals surface area contributed by atoms with E-state index in [0.717, 1.165) is 49.5 Å². The number of imidazole rings is 1. The number of H-pyrrole nitrogens is 1. The van der Waals surface area contributed by atoms with Gasteiger partial charge < -0.3 is 9.95 Å². The van der Waals surface area contributed by atoms with E-state index in [0.29, 0.717) is 11.4 Å². The van der Waals surface area contributed by atoms with Gasteiger partial charge in [0, 0.05) is 28.5 Å². The number of benzene rings is 2. The van der Waals surface area contributed by atoms with Gasteiger partial charge in [0.15, 0.2) is 0 Å². The molecule has 6 rings (SSSR count). The first-order chi connectivity index (χ1) is 17.6. The molecule has 36 heavy (non-hydrogen) atoms. The fraction of sp³-hybridized carbons (Fsp3) is 0.111. The van der Waals surface area contributed by atoms with Gasteiger partial charge in [-0.1, -0.05) is 6.07 Å². The molecule has 2 N–H and O–H groups in total. The smallest absolute Gasteiger partial charge is 0.217 e. The Morgan fingerprint density at radius 3 is 2.69 bits per heavy atom. The number of rotatable bonds is 6. The van der Waals surface area contributed by atoms with Crippen molar-refractivity contribution in [3.8, 4) is 33.6 Å². The van der Waals surface area contributed by atoms with Crippen LogP contribution < -0.4 is 0 Å². The summed E-state index contributed by atoms with van der Waals surface area (Å²) in [4.78, 5) is 12.4. The van der Waals surface area contributed by atoms with Crippen molar-refractivity contribution in [3.63, 3.8) is 0 Å². The third kappa shape index (κ3) is 3.92. The summed E-state index contributed by atoms with van der Waals surface area (Å²) in [6, 6.07) is 16.3. The van der Waals surface area contributed by atoms with E-state index in [4.69, 9.17) is 6.57 Å². The maximum atomic E-state index is 13.4. The zero-order valence-corrected chi connectivity index (χ0v) is 19.7. The number of hydrogen-bond donors (Lipinski definition) is 2. The number of aliphatic hydroxyl groups is 1. The second-order valence-electron chi connectivity index (χ2n) is 8.38. The van der Waals surface area contributed by atoms with Crippen molar-refractivity contribution >= 4 is 27.2 Å². The number of hydrogen-bond acceptors (Lipinski definition) is 5. The third-order valence-electron chi connectivity index (χ3n) is 6.09. The van der Waals surface area contributed by atoms with Gasteiger partial charge in [0.1, 0.15) is 22.6 Å². The van der Waals surface area contributed by atoms with E-state index in [-0.39, 0.29) is 12.4 Å². The van der Waals surface area contributed by atoms with Gasteiger partial charge in [0.25, 0.3) is 0 Å². The number of aromatic amines is 1. The molecule has 0 unspecified atom stereocenters. The molecule has 1 atom stereocenters. The summed E-state index contributed by atoms with van der Waals surface area (Å²) in [6.07, 6.45) is 5.26. The molecule has 7 nitrogen and oxygen atoms in total. The Kier molecular flexibility index (Phi) is 5.52. The molecule has 0 fully saturated rings. The Morgan fingerprint density at radius 1 is 1.06 bits per heavy atom. The van der Waals surface area contributed by atoms with Gasteiger partial charge in [-0.15, -0.1) is 11.3 Å². The van der Waals surface area contributed by atoms with Crippen LogP contribution in [-0.2, 0) is 0 Å². The molecule has 0 saturated carbocycles. The Labute approximate surface area is 209 Å². The highest BCUT2D eigenvalue weighted by Crippen LogP contribution is 2.34. The Morgan fingerprint density at radius 2 is 1.86 bits per heavy atom. The van der Waals surface area contributed by atoms with Crippen LogP contribution in [0.1, 0.15) is 17.5 Å². The predicted octanol–water partition coefficient (Wildman–Crippen LogP) is 6.15. The molecule has 0 aliphatic carbocycles. The van der Waals surface area contributed by atoms with E-state index in [1.54, 1.807) is 18.3 Å². The summed E-state index contributed by atoms with van der Waals surface area (Å²) >= 11 is 1.44. The van der Waals surface area contributed by atoms with Crippen molar-refractivity contribution < 1.29 is 9.50 Å². The van der Waals surface area contributed by atoms with Crippen LogP contribution in [0.15, 0.2) is 73.2 Å². The molecule has 9 heteroatoms. The molecule has 0 spiro atoms. The summed E-state index contributed by atoms with van der Waals surface area (Å²) in [5.41, 5.74) is 7.02. The van der Waals surface area contributed by atoms with E-state index in [1.165, 1.54) is 23.5 Å². The number of nitrogens with one attached hydrogen (secondary N) is 1. The minimum Gasteiger partial charge on any atom is -0.386 e. The second kappa shape index (κ2) is 9.00. The van der Waals surface area contributed by atoms with Crippen molar-refractivity contribution in [2.75, 3.05) is 6.54 Å². The first kappa shape index (κ1) is 22.1. The lowest BCUT2D eigenvalue weighted by molar-refractivity contribution is 0.172. The Balaban J connectivity index is 1.39. The molecule has 4 aromatic heterocycles. The Bertz CT molecular complexity index is 1740. The standard InChI is InChI=1S/C27H19FN6OS/c1-29-11-10-23(35)27-32-21-8-4-17(12-24(21)36-27)22-14-30-25-9-5-18(15-34(22)25)20-13-31-33-26(20)16-2-6-19(28)7-3-16/h2-9,12-15,23,35H,10-11H2,(H,31,33)/t23-/m0/s1. The van der Waals surface area contributed by atoms with Gasteiger partial charge in [0.05, 0.1) is 40.4 Å². The highest BCUT2D eigenvalue weighted by Gasteiger charge is 2.16. The van der Waals surface area contributed by atoms with Gasteiger partial charge in [-0.05, 0) is 48.5 Å². The van der Waals surface area contributed by atoms with Crippen LogP contribution in [0.5, 0.6) is 0 Å². The van der Waals surface area contributed by atoms with Crippen LogP contribution in [-0.4, -0.2) is 36.2 Å². The summed E-state index contributed by atoms with van der Waals surface area (Å²) in [5, 5.41) is 18.2.